The van der Waals surface area contributed by atoms with Crippen LogP contribution in [0.5, 0.6) is 69.0 Å². The fourth-order valence-corrected chi connectivity index (χ4v) is 21.5. The number of nitrogens with one attached hydrogen (secondary N) is 1. The minimum Gasteiger partial charge on any atom is -0.504 e. The van der Waals surface area contributed by atoms with Gasteiger partial charge < -0.3 is 67.4 Å². The molecule has 12 aliphatic rings. The molecular weight excluding hydrogens is 1370 g/mol. The number of piperazine rings is 2. The molecule has 12 aliphatic heterocycles. The molecule has 28 heteroatoms. The Balaban J connectivity index is 0.000000186. The number of aryl methyl sites for hydroxylation is 2. The first kappa shape index (κ1) is 72.5. The van der Waals surface area contributed by atoms with E-state index in [2.05, 4.69) is 37.1 Å². The quantitative estimate of drug-likeness (QED) is 0.0700. The molecule has 4 N–H and O–H groups in total. The molecule has 0 radical (unpaired) electrons. The van der Waals surface area contributed by atoms with Crippen LogP contribution in [-0.2, 0) is 58.2 Å². The van der Waals surface area contributed by atoms with Crippen molar-refractivity contribution in [3.05, 3.63) is 102 Å². The third kappa shape index (κ3) is 10.7. The van der Waals surface area contributed by atoms with Crippen molar-refractivity contribution in [2.75, 3.05) is 73.7 Å². The molecule has 0 amide bonds. The number of ether oxygens (including phenoxy) is 11. The molecule has 3 unspecified atom stereocenters. The highest BCUT2D eigenvalue weighted by molar-refractivity contribution is 8.00. The van der Waals surface area contributed by atoms with Crippen LogP contribution in [0.15, 0.2) is 24.3 Å². The highest BCUT2D eigenvalue weighted by atomic mass is 32.2. The zero-order valence-corrected chi connectivity index (χ0v) is 59.4. The Bertz CT molecular complexity index is 4520. The molecule has 26 nitrogen and oxygen atoms in total. The van der Waals surface area contributed by atoms with Gasteiger partial charge in [0.1, 0.15) is 36.8 Å². The number of hydrogen-bond donors (Lipinski definition) is 4. The second kappa shape index (κ2) is 27.0. The number of aromatic hydroxyl groups is 3. The van der Waals surface area contributed by atoms with E-state index in [1.54, 1.807) is 19.1 Å². The van der Waals surface area contributed by atoms with E-state index in [9.17, 15) is 45.0 Å². The summed E-state index contributed by atoms with van der Waals surface area (Å²) in [6.07, 6.45) is 2.25. The number of cyclic esters (lactones) is 1. The van der Waals surface area contributed by atoms with Gasteiger partial charge in [-0.05, 0) is 113 Å². The molecule has 5 aromatic rings. The number of Topliss-reactive ketones (excluding diaryl/α,β-unsaturated/α-hetero) is 1. The largest absolute Gasteiger partial charge is 0.504 e. The Labute approximate surface area is 605 Å². The van der Waals surface area contributed by atoms with Gasteiger partial charge in [-0.2, -0.15) is 10.5 Å². The number of phenolic OH excluding ortho intramolecular Hbond substituents is 3. The van der Waals surface area contributed by atoms with Gasteiger partial charge in [0.05, 0.1) is 73.9 Å². The number of benzene rings is 5. The Morgan fingerprint density at radius 3 is 1.55 bits per heavy atom. The van der Waals surface area contributed by atoms with E-state index in [-0.39, 0.29) is 94.3 Å². The average molecular weight is 1450 g/mol. The number of esters is 4. The van der Waals surface area contributed by atoms with Crippen molar-refractivity contribution in [1.82, 2.24) is 24.9 Å². The van der Waals surface area contributed by atoms with Gasteiger partial charge >= 0.3 is 23.9 Å². The summed E-state index contributed by atoms with van der Waals surface area (Å²) in [6.45, 7) is 11.6. The molecule has 1 spiro atoms. The SMILES string of the molecule is C.C.CCC1Cc2cc(O)c(OC)cc2[C@@]2(CS[C@@H]3c4c(OC(C)=O)c(C)c5c(c4[C@H](COC2=O)N2C3[C@H]3c4c(cc(C)c(OC)c4O)C[C@@H]([C@@H]2C#N)N3C)OCO5)N1.COc1c(C)cc2c(c1O)[C@@H]1C3[C@@H]4SCC(=O)C(=O)OC[C@@H](c5c6c(c(C)c(OC(C)=O)c54)OCO6)N3[C@@H](C#N)[C@H](C2)N1C. The third-order valence-electron chi connectivity index (χ3n) is 22.6. The molecule has 12 heterocycles. The Kier molecular flexibility index (Phi) is 19.0. The summed E-state index contributed by atoms with van der Waals surface area (Å²) >= 11 is 2.71. The number of carbonyl (C=O) groups is 5. The van der Waals surface area contributed by atoms with Gasteiger partial charge in [0.15, 0.2) is 63.0 Å². The number of nitrogens with zero attached hydrogens (tertiary/aromatic N) is 6. The number of methoxy groups -OCH3 is 3. The van der Waals surface area contributed by atoms with E-state index < -0.39 is 94.0 Å². The molecule has 8 bridgehead atoms. The molecule has 4 fully saturated rings. The van der Waals surface area contributed by atoms with Crippen LogP contribution in [0.25, 0.3) is 0 Å². The molecule has 103 heavy (non-hydrogen) atoms. The number of hydrogen-bond acceptors (Lipinski definition) is 28. The Hall–Kier alpha value is -8.87. The van der Waals surface area contributed by atoms with Crippen LogP contribution in [0.1, 0.15) is 155 Å². The molecular formula is C75H85N7O19S2. The van der Waals surface area contributed by atoms with Crippen LogP contribution in [-0.4, -0.2) is 181 Å². The van der Waals surface area contributed by atoms with Crippen LogP contribution in [0.2, 0.25) is 0 Å². The van der Waals surface area contributed by atoms with Gasteiger partial charge in [-0.1, -0.05) is 33.9 Å². The molecule has 0 saturated carbocycles. The summed E-state index contributed by atoms with van der Waals surface area (Å²) in [4.78, 5) is 74.7. The van der Waals surface area contributed by atoms with Crippen LogP contribution in [0, 0.1) is 50.4 Å². The van der Waals surface area contributed by atoms with Gasteiger partial charge in [-0.15, -0.1) is 23.5 Å². The summed E-state index contributed by atoms with van der Waals surface area (Å²) in [5.74, 6) is 0.134. The lowest BCUT2D eigenvalue weighted by Crippen LogP contribution is -2.69. The fraction of sp³-hybridized carbons (Fsp3) is 0.507. The summed E-state index contributed by atoms with van der Waals surface area (Å²) in [6, 6.07) is 7.00. The highest BCUT2D eigenvalue weighted by Crippen LogP contribution is 2.67. The van der Waals surface area contributed by atoms with Crippen molar-refractivity contribution in [2.45, 2.75) is 172 Å². The van der Waals surface area contributed by atoms with Gasteiger partial charge in [0.2, 0.25) is 19.4 Å². The zero-order valence-electron chi connectivity index (χ0n) is 57.8. The van der Waals surface area contributed by atoms with Crippen LogP contribution in [0.3, 0.4) is 0 Å². The molecule has 0 aliphatic carbocycles. The second-order valence-corrected chi connectivity index (χ2v) is 29.9. The van der Waals surface area contributed by atoms with Crippen molar-refractivity contribution in [2.24, 2.45) is 0 Å². The summed E-state index contributed by atoms with van der Waals surface area (Å²) in [7, 11) is 8.45. The molecule has 17 rings (SSSR count). The van der Waals surface area contributed by atoms with Crippen molar-refractivity contribution >= 4 is 53.2 Å². The predicted molar refractivity (Wildman–Crippen MR) is 376 cm³/mol. The number of ketones is 1. The maximum atomic E-state index is 15.0. The van der Waals surface area contributed by atoms with E-state index in [0.29, 0.717) is 122 Å². The van der Waals surface area contributed by atoms with Crippen molar-refractivity contribution in [1.29, 1.82) is 10.5 Å². The first-order valence-electron chi connectivity index (χ1n) is 33.6. The summed E-state index contributed by atoms with van der Waals surface area (Å²) < 4.78 is 65.4. The Morgan fingerprint density at radius 2 is 1.10 bits per heavy atom. The number of rotatable bonds is 6. The van der Waals surface area contributed by atoms with E-state index in [4.69, 9.17) is 52.1 Å². The second-order valence-electron chi connectivity index (χ2n) is 27.6. The standard InChI is InChI=1S/C42H46N4O10S.C31H31N3O9S.2CH4/c1-8-23-10-21-12-28(48)29(51-6)13-24(21)42(44-23)16-57-40-32-31(39-38(54-17-55-39)19(3)37(32)56-20(4)47)27(15-53-41(42)50)46-26(14-43)25-11-22-9-18(2)36(52-7)35(49)30(22)33(34(40)46)45(25)5;1-12-6-15-7-16-17(8-32)34-18-9-40-31(38)19(36)10-44-30(24(34)23(33(16)4)20(15)25(37)26(12)39-5)22-21(18)29-28(41-11-42-29)13(2)27(22)43-14(3)35;;/h9,12-13,23,25-27,33-34,40,44,48-49H,8,10-11,15-17H2,1-7H3;6,16-18,23-24,30,37H,7,9-11H2,1-5H3;2*1H4/t23?,25-,26-,27-,33+,34?,40+,42+;16-,17-,18-,23+,24?,30+;;/m00../s1. The molecule has 0 aromatic heterocycles. The monoisotopic (exact) mass is 1450 g/mol. The van der Waals surface area contributed by atoms with E-state index in [1.165, 1.54) is 58.7 Å². The minimum atomic E-state index is -1.39. The lowest BCUT2D eigenvalue weighted by atomic mass is 9.71. The maximum absolute atomic E-state index is 15.0. The normalized spacial score (nSPS) is 28.7. The topological polar surface area (TPSA) is 320 Å². The van der Waals surface area contributed by atoms with Gasteiger partial charge in [-0.25, -0.2) is 9.59 Å². The van der Waals surface area contributed by atoms with E-state index in [1.807, 2.05) is 53.9 Å². The predicted octanol–water partition coefficient (Wildman–Crippen LogP) is 8.84. The first-order chi connectivity index (χ1) is 48.5. The van der Waals surface area contributed by atoms with Crippen molar-refractivity contribution < 1.29 is 91.4 Å². The van der Waals surface area contributed by atoms with Gasteiger partial charge in [0.25, 0.3) is 0 Å². The molecule has 5 aromatic carbocycles. The summed E-state index contributed by atoms with van der Waals surface area (Å²) in [5, 5.41) is 59.2. The highest BCUT2D eigenvalue weighted by Gasteiger charge is 2.64. The number of carbonyl (C=O) groups excluding carboxylic acids is 5. The minimum absolute atomic E-state index is 0. The summed E-state index contributed by atoms with van der Waals surface area (Å²) in [5.41, 5.74) is 8.57. The number of thioether (sulfide) groups is 2. The molecule has 4 saturated heterocycles. The van der Waals surface area contributed by atoms with Gasteiger partial charge in [-0.3, -0.25) is 39.3 Å². The number of phenols is 3. The smallest absolute Gasteiger partial charge is 0.375 e. The van der Waals surface area contributed by atoms with E-state index >= 15 is 4.79 Å². The van der Waals surface area contributed by atoms with E-state index in [0.717, 1.165) is 27.8 Å². The van der Waals surface area contributed by atoms with Crippen molar-refractivity contribution in [3.8, 4) is 81.1 Å². The van der Waals surface area contributed by atoms with Gasteiger partial charge in [0, 0.05) is 94.3 Å². The Morgan fingerprint density at radius 1 is 0.621 bits per heavy atom. The number of likely N-dealkylation sites (N-methyl/N-ethyl adjacent to an activating group) is 2. The van der Waals surface area contributed by atoms with Crippen LogP contribution < -0.4 is 47.9 Å². The van der Waals surface area contributed by atoms with Crippen molar-refractivity contribution in [3.63, 3.8) is 0 Å². The number of fused-ring (bicyclic) bond motifs is 18. The lowest BCUT2D eigenvalue weighted by molar-refractivity contribution is -0.158. The number of nitriles is 2. The van der Waals surface area contributed by atoms with Crippen LogP contribution in [0.4, 0.5) is 0 Å². The molecule has 546 valence electrons. The first-order valence-corrected chi connectivity index (χ1v) is 35.7. The van der Waals surface area contributed by atoms with Crippen LogP contribution >= 0.6 is 23.5 Å². The zero-order chi connectivity index (χ0) is 71.4. The lowest BCUT2D eigenvalue weighted by Gasteiger charge is -2.62. The fourth-order valence-electron chi connectivity index (χ4n) is 18.5. The average Bonchev–Trinajstić information content (AvgIpc) is 1.36. The maximum Gasteiger partial charge on any atom is 0.375 e. The molecule has 14 atom stereocenters. The third-order valence-corrected chi connectivity index (χ3v) is 25.3.